The van der Waals surface area contributed by atoms with Gasteiger partial charge in [0, 0.05) is 19.4 Å². The molecule has 1 aliphatic heterocycles. The molecule has 0 unspecified atom stereocenters. The Morgan fingerprint density at radius 2 is 1.63 bits per heavy atom. The molecule has 3 nitrogen and oxygen atoms in total. The lowest BCUT2D eigenvalue weighted by Crippen LogP contribution is -2.49. The van der Waals surface area contributed by atoms with Crippen molar-refractivity contribution in [2.45, 2.75) is 59.3 Å². The van der Waals surface area contributed by atoms with Crippen molar-refractivity contribution >= 4 is 24.4 Å². The molecule has 1 fully saturated rings. The van der Waals surface area contributed by atoms with Crippen molar-refractivity contribution in [2.24, 2.45) is 11.3 Å². The lowest BCUT2D eigenvalue weighted by molar-refractivity contribution is -0.151. The molecule has 0 spiro atoms. The zero-order chi connectivity index (χ0) is 14.5. The summed E-state index contributed by atoms with van der Waals surface area (Å²) in [4.78, 5) is 25.7. The number of nitrogens with zero attached hydrogens (tertiary/aromatic N) is 1. The Bertz CT molecular complexity index is 306. The predicted octanol–water partition coefficient (Wildman–Crippen LogP) is 3.29. The summed E-state index contributed by atoms with van der Waals surface area (Å²) >= 11 is 4.50. The zero-order valence-corrected chi connectivity index (χ0v) is 13.3. The van der Waals surface area contributed by atoms with Crippen LogP contribution >= 0.6 is 12.6 Å². The summed E-state index contributed by atoms with van der Waals surface area (Å²) in [5.41, 5.74) is -0.00148. The Morgan fingerprint density at radius 3 is 2.00 bits per heavy atom. The van der Waals surface area contributed by atoms with Crippen molar-refractivity contribution in [3.05, 3.63) is 0 Å². The number of rotatable bonds is 7. The van der Waals surface area contributed by atoms with Crippen LogP contribution in [0.15, 0.2) is 0 Å². The van der Waals surface area contributed by atoms with Crippen LogP contribution in [0, 0.1) is 11.3 Å². The van der Waals surface area contributed by atoms with E-state index in [0.717, 1.165) is 31.4 Å². The molecule has 1 saturated heterocycles. The Labute approximate surface area is 122 Å². The molecule has 0 saturated carbocycles. The normalized spacial score (nSPS) is 18.2. The second-order valence-corrected chi connectivity index (χ2v) is 6.36. The Balaban J connectivity index is 2.82. The number of imide groups is 1. The van der Waals surface area contributed by atoms with Crippen LogP contribution in [-0.4, -0.2) is 29.0 Å². The Hall–Kier alpha value is -0.510. The standard InChI is InChI=1S/C15H27NO2S/c1-4-6-15(11-19,7-5-2)10-16-13(17)8-12(3)9-14(16)18/h12,19H,4-11H2,1-3H3. The molecule has 1 rings (SSSR count). The summed E-state index contributed by atoms with van der Waals surface area (Å²) in [7, 11) is 0. The van der Waals surface area contributed by atoms with Gasteiger partial charge in [-0.3, -0.25) is 14.5 Å². The van der Waals surface area contributed by atoms with Gasteiger partial charge >= 0.3 is 0 Å². The van der Waals surface area contributed by atoms with Crippen molar-refractivity contribution in [1.82, 2.24) is 4.90 Å². The molecule has 1 aliphatic rings. The number of hydrogen-bond acceptors (Lipinski definition) is 3. The molecular weight excluding hydrogens is 258 g/mol. The molecule has 0 aromatic heterocycles. The molecule has 0 aliphatic carbocycles. The third-order valence-electron chi connectivity index (χ3n) is 4.04. The minimum absolute atomic E-state index is 0.00148. The molecule has 0 radical (unpaired) electrons. The van der Waals surface area contributed by atoms with E-state index in [9.17, 15) is 9.59 Å². The van der Waals surface area contributed by atoms with Gasteiger partial charge in [-0.15, -0.1) is 0 Å². The van der Waals surface area contributed by atoms with Crippen molar-refractivity contribution in [3.8, 4) is 0 Å². The molecule has 19 heavy (non-hydrogen) atoms. The highest BCUT2D eigenvalue weighted by atomic mass is 32.1. The zero-order valence-electron chi connectivity index (χ0n) is 12.4. The maximum atomic E-state index is 12.1. The van der Waals surface area contributed by atoms with Crippen LogP contribution in [0.3, 0.4) is 0 Å². The van der Waals surface area contributed by atoms with Crippen LogP contribution in [0.25, 0.3) is 0 Å². The lowest BCUT2D eigenvalue weighted by Gasteiger charge is -2.39. The third kappa shape index (κ3) is 4.23. The van der Waals surface area contributed by atoms with E-state index < -0.39 is 0 Å². The largest absolute Gasteiger partial charge is 0.282 e. The van der Waals surface area contributed by atoms with Gasteiger partial charge in [0.1, 0.15) is 0 Å². The molecule has 4 heteroatoms. The van der Waals surface area contributed by atoms with E-state index in [1.54, 1.807) is 0 Å². The van der Waals surface area contributed by atoms with Crippen molar-refractivity contribution < 1.29 is 9.59 Å². The number of amides is 2. The molecule has 0 atom stereocenters. The van der Waals surface area contributed by atoms with Crippen molar-refractivity contribution in [2.75, 3.05) is 12.3 Å². The van der Waals surface area contributed by atoms with Crippen LogP contribution < -0.4 is 0 Å². The van der Waals surface area contributed by atoms with Gasteiger partial charge in [0.2, 0.25) is 11.8 Å². The second kappa shape index (κ2) is 7.32. The van der Waals surface area contributed by atoms with Gasteiger partial charge in [-0.1, -0.05) is 33.6 Å². The summed E-state index contributed by atoms with van der Waals surface area (Å²) in [6, 6.07) is 0. The Kier molecular flexibility index (Phi) is 6.37. The first-order valence-corrected chi connectivity index (χ1v) is 8.05. The van der Waals surface area contributed by atoms with Crippen LogP contribution in [-0.2, 0) is 9.59 Å². The lowest BCUT2D eigenvalue weighted by atomic mass is 9.79. The van der Waals surface area contributed by atoms with Gasteiger partial charge in [0.05, 0.1) is 0 Å². The monoisotopic (exact) mass is 285 g/mol. The molecule has 0 aromatic carbocycles. The molecule has 0 aromatic rings. The van der Waals surface area contributed by atoms with Gasteiger partial charge in [-0.2, -0.15) is 12.6 Å². The highest BCUT2D eigenvalue weighted by molar-refractivity contribution is 7.80. The highest BCUT2D eigenvalue weighted by Crippen LogP contribution is 2.34. The van der Waals surface area contributed by atoms with E-state index in [1.165, 1.54) is 4.90 Å². The minimum Gasteiger partial charge on any atom is -0.282 e. The van der Waals surface area contributed by atoms with E-state index >= 15 is 0 Å². The first-order chi connectivity index (χ1) is 8.98. The first-order valence-electron chi connectivity index (χ1n) is 7.42. The average molecular weight is 285 g/mol. The smallest absolute Gasteiger partial charge is 0.229 e. The van der Waals surface area contributed by atoms with Crippen LogP contribution in [0.2, 0.25) is 0 Å². The minimum atomic E-state index is -0.00148. The predicted molar refractivity (Wildman–Crippen MR) is 81.2 cm³/mol. The molecule has 2 amide bonds. The average Bonchev–Trinajstić information content (AvgIpc) is 2.34. The van der Waals surface area contributed by atoms with E-state index in [-0.39, 0.29) is 23.1 Å². The van der Waals surface area contributed by atoms with E-state index in [4.69, 9.17) is 0 Å². The fourth-order valence-corrected chi connectivity index (χ4v) is 3.51. The van der Waals surface area contributed by atoms with Gasteiger partial charge in [-0.05, 0) is 29.9 Å². The highest BCUT2D eigenvalue weighted by Gasteiger charge is 2.37. The fourth-order valence-electron chi connectivity index (χ4n) is 3.09. The number of likely N-dealkylation sites (tertiary alicyclic amines) is 1. The number of carbonyl (C=O) groups excluding carboxylic acids is 2. The van der Waals surface area contributed by atoms with Gasteiger partial charge in [0.25, 0.3) is 0 Å². The van der Waals surface area contributed by atoms with Gasteiger partial charge in [0.15, 0.2) is 0 Å². The van der Waals surface area contributed by atoms with E-state index in [0.29, 0.717) is 19.4 Å². The molecule has 0 bridgehead atoms. The molecular formula is C15H27NO2S. The topological polar surface area (TPSA) is 37.4 Å². The third-order valence-corrected chi connectivity index (χ3v) is 4.71. The number of piperidine rings is 1. The summed E-state index contributed by atoms with van der Waals surface area (Å²) in [5, 5.41) is 0. The molecule has 0 N–H and O–H groups in total. The summed E-state index contributed by atoms with van der Waals surface area (Å²) in [6.07, 6.45) is 5.19. The van der Waals surface area contributed by atoms with E-state index in [1.807, 2.05) is 6.92 Å². The SMILES string of the molecule is CCCC(CS)(CCC)CN1C(=O)CC(C)CC1=O. The first kappa shape index (κ1) is 16.5. The van der Waals surface area contributed by atoms with E-state index in [2.05, 4.69) is 26.5 Å². The van der Waals surface area contributed by atoms with Crippen molar-refractivity contribution in [1.29, 1.82) is 0 Å². The molecule has 1 heterocycles. The number of carbonyl (C=O) groups is 2. The quantitative estimate of drug-likeness (QED) is 0.576. The van der Waals surface area contributed by atoms with Gasteiger partial charge < -0.3 is 0 Å². The van der Waals surface area contributed by atoms with Crippen LogP contribution in [0.1, 0.15) is 59.3 Å². The second-order valence-electron chi connectivity index (χ2n) is 6.05. The summed E-state index contributed by atoms with van der Waals surface area (Å²) < 4.78 is 0. The van der Waals surface area contributed by atoms with Crippen molar-refractivity contribution in [3.63, 3.8) is 0 Å². The van der Waals surface area contributed by atoms with Crippen LogP contribution in [0.5, 0.6) is 0 Å². The number of hydrogen-bond donors (Lipinski definition) is 1. The summed E-state index contributed by atoms with van der Waals surface area (Å²) in [5.74, 6) is 0.935. The van der Waals surface area contributed by atoms with Crippen LogP contribution in [0.4, 0.5) is 0 Å². The Morgan fingerprint density at radius 1 is 1.16 bits per heavy atom. The van der Waals surface area contributed by atoms with Gasteiger partial charge in [-0.25, -0.2) is 0 Å². The number of thiol groups is 1. The maximum absolute atomic E-state index is 12.1. The molecule has 110 valence electrons. The maximum Gasteiger partial charge on any atom is 0.229 e. The fraction of sp³-hybridized carbons (Fsp3) is 0.867. The summed E-state index contributed by atoms with van der Waals surface area (Å²) in [6.45, 7) is 6.82.